The normalized spacial score (nSPS) is 11.1. The van der Waals surface area contributed by atoms with E-state index in [2.05, 4.69) is 5.32 Å². The molecule has 0 radical (unpaired) electrons. The van der Waals surface area contributed by atoms with Crippen LogP contribution in [0.5, 0.6) is 5.75 Å². The zero-order valence-electron chi connectivity index (χ0n) is 11.9. The van der Waals surface area contributed by atoms with E-state index in [-0.39, 0.29) is 18.5 Å². The van der Waals surface area contributed by atoms with Crippen molar-refractivity contribution in [2.75, 3.05) is 19.0 Å². The molecule has 7 nitrogen and oxygen atoms in total. The molecular weight excluding hydrogens is 274 g/mol. The molecule has 21 heavy (non-hydrogen) atoms. The molecule has 0 aliphatic carbocycles. The Morgan fingerprint density at radius 3 is 2.57 bits per heavy atom. The van der Waals surface area contributed by atoms with Crippen LogP contribution < -0.4 is 10.1 Å². The number of anilines is 1. The number of nitrogens with zero attached hydrogens (tertiary/aromatic N) is 2. The number of benzene rings is 1. The summed E-state index contributed by atoms with van der Waals surface area (Å²) in [5.74, 6) is -0.651. The molecule has 0 spiro atoms. The van der Waals surface area contributed by atoms with Crippen molar-refractivity contribution in [2.45, 2.75) is 19.4 Å². The fourth-order valence-electron chi connectivity index (χ4n) is 1.46. The van der Waals surface area contributed by atoms with Crippen molar-refractivity contribution in [1.29, 1.82) is 5.26 Å². The predicted molar refractivity (Wildman–Crippen MR) is 76.0 cm³/mol. The minimum atomic E-state index is -1.06. The van der Waals surface area contributed by atoms with Crippen molar-refractivity contribution in [3.63, 3.8) is 0 Å². The Balaban J connectivity index is 2.57. The van der Waals surface area contributed by atoms with Gasteiger partial charge in [-0.15, -0.1) is 0 Å². The number of carboxylic acid groups (broad SMARTS) is 1. The minimum absolute atomic E-state index is 0.187. The van der Waals surface area contributed by atoms with Crippen LogP contribution in [0.25, 0.3) is 0 Å². The molecular formula is C14H17N3O4. The molecule has 2 N–H and O–H groups in total. The third kappa shape index (κ3) is 5.40. The van der Waals surface area contributed by atoms with Gasteiger partial charge in [-0.05, 0) is 31.2 Å². The molecule has 2 amide bonds. The molecule has 1 aromatic carbocycles. The summed E-state index contributed by atoms with van der Waals surface area (Å²) in [7, 11) is 1.61. The third-order valence-corrected chi connectivity index (χ3v) is 2.84. The fraction of sp³-hybridized carbons (Fsp3) is 0.357. The van der Waals surface area contributed by atoms with E-state index in [1.807, 2.05) is 6.07 Å². The zero-order valence-corrected chi connectivity index (χ0v) is 11.9. The number of carboxylic acids is 1. The number of carbonyl (C=O) groups excluding carboxylic acids is 1. The number of aliphatic carboxylic acids is 1. The van der Waals surface area contributed by atoms with E-state index in [4.69, 9.17) is 15.1 Å². The molecule has 1 unspecified atom stereocenters. The van der Waals surface area contributed by atoms with Crippen molar-refractivity contribution >= 4 is 17.7 Å². The second kappa shape index (κ2) is 7.75. The summed E-state index contributed by atoms with van der Waals surface area (Å²) >= 11 is 0. The molecule has 7 heteroatoms. The van der Waals surface area contributed by atoms with Crippen molar-refractivity contribution < 1.29 is 19.4 Å². The van der Waals surface area contributed by atoms with Crippen molar-refractivity contribution in [1.82, 2.24) is 4.90 Å². The van der Waals surface area contributed by atoms with Gasteiger partial charge in [0.25, 0.3) is 0 Å². The van der Waals surface area contributed by atoms with Gasteiger partial charge in [0.2, 0.25) is 0 Å². The van der Waals surface area contributed by atoms with Crippen LogP contribution in [-0.2, 0) is 4.79 Å². The Kier molecular flexibility index (Phi) is 6.01. The van der Waals surface area contributed by atoms with Crippen LogP contribution in [0.2, 0.25) is 0 Å². The molecule has 0 bridgehead atoms. The first kappa shape index (κ1) is 16.3. The maximum Gasteiger partial charge on any atom is 0.341 e. The summed E-state index contributed by atoms with van der Waals surface area (Å²) < 4.78 is 4.99. The summed E-state index contributed by atoms with van der Waals surface area (Å²) in [6.45, 7) is 1.37. The Morgan fingerprint density at radius 1 is 1.43 bits per heavy atom. The molecule has 0 heterocycles. The first-order valence-electron chi connectivity index (χ1n) is 6.29. The Bertz CT molecular complexity index is 536. The van der Waals surface area contributed by atoms with Gasteiger partial charge in [-0.1, -0.05) is 0 Å². The van der Waals surface area contributed by atoms with Crippen molar-refractivity contribution in [3.8, 4) is 11.8 Å². The largest absolute Gasteiger partial charge is 0.482 e. The molecule has 0 aliphatic heterocycles. The number of nitrogens with one attached hydrogen (secondary N) is 1. The van der Waals surface area contributed by atoms with Crippen LogP contribution >= 0.6 is 0 Å². The van der Waals surface area contributed by atoms with Crippen LogP contribution in [0.1, 0.15) is 13.3 Å². The lowest BCUT2D eigenvalue weighted by molar-refractivity contribution is -0.139. The average molecular weight is 291 g/mol. The highest BCUT2D eigenvalue weighted by Gasteiger charge is 2.15. The molecule has 0 aliphatic rings. The topological polar surface area (TPSA) is 103 Å². The Hall–Kier alpha value is -2.75. The van der Waals surface area contributed by atoms with Gasteiger partial charge in [-0.25, -0.2) is 9.59 Å². The second-order valence-electron chi connectivity index (χ2n) is 4.46. The summed E-state index contributed by atoms with van der Waals surface area (Å²) in [6, 6.07) is 7.85. The number of amides is 2. The second-order valence-corrected chi connectivity index (χ2v) is 4.46. The highest BCUT2D eigenvalue weighted by molar-refractivity contribution is 5.89. The minimum Gasteiger partial charge on any atom is -0.482 e. The molecule has 0 fully saturated rings. The molecule has 0 aromatic heterocycles. The van der Waals surface area contributed by atoms with E-state index in [0.29, 0.717) is 11.4 Å². The molecule has 0 saturated heterocycles. The number of rotatable bonds is 6. The van der Waals surface area contributed by atoms with Gasteiger partial charge in [0.05, 0.1) is 12.5 Å². The van der Waals surface area contributed by atoms with Crippen LogP contribution in [0.3, 0.4) is 0 Å². The van der Waals surface area contributed by atoms with Gasteiger partial charge in [0.15, 0.2) is 6.61 Å². The van der Waals surface area contributed by atoms with Crippen molar-refractivity contribution in [2.24, 2.45) is 0 Å². The van der Waals surface area contributed by atoms with Gasteiger partial charge in [0, 0.05) is 18.8 Å². The first-order chi connectivity index (χ1) is 9.93. The lowest BCUT2D eigenvalue weighted by Crippen LogP contribution is -2.38. The zero-order chi connectivity index (χ0) is 15.8. The van der Waals surface area contributed by atoms with Gasteiger partial charge in [0.1, 0.15) is 5.75 Å². The van der Waals surface area contributed by atoms with Gasteiger partial charge in [-0.3, -0.25) is 0 Å². The van der Waals surface area contributed by atoms with E-state index in [0.717, 1.165) is 0 Å². The van der Waals surface area contributed by atoms with E-state index >= 15 is 0 Å². The number of hydrogen-bond acceptors (Lipinski definition) is 4. The maximum atomic E-state index is 11.9. The fourth-order valence-corrected chi connectivity index (χ4v) is 1.46. The van der Waals surface area contributed by atoms with Gasteiger partial charge < -0.3 is 20.1 Å². The van der Waals surface area contributed by atoms with Crippen LogP contribution in [-0.4, -0.2) is 41.7 Å². The summed E-state index contributed by atoms with van der Waals surface area (Å²) in [6.07, 6.45) is 0.256. The number of urea groups is 1. The highest BCUT2D eigenvalue weighted by atomic mass is 16.5. The predicted octanol–water partition coefficient (Wildman–Crippen LogP) is 1.92. The highest BCUT2D eigenvalue weighted by Crippen LogP contribution is 2.16. The lowest BCUT2D eigenvalue weighted by Gasteiger charge is -2.23. The van der Waals surface area contributed by atoms with Crippen LogP contribution in [0.4, 0.5) is 10.5 Å². The SMILES string of the molecule is CC(CC#N)N(C)C(=O)Nc1ccc(OCC(=O)O)cc1. The standard InChI is InChI=1S/C14H17N3O4/c1-10(7-8-15)17(2)14(20)16-11-3-5-12(6-4-11)21-9-13(18)19/h3-6,10H,7,9H2,1-2H3,(H,16,20)(H,18,19). The Labute approximate surface area is 122 Å². The average Bonchev–Trinajstić information content (AvgIpc) is 2.45. The smallest absolute Gasteiger partial charge is 0.341 e. The van der Waals surface area contributed by atoms with Crippen molar-refractivity contribution in [3.05, 3.63) is 24.3 Å². The van der Waals surface area contributed by atoms with Crippen LogP contribution in [0.15, 0.2) is 24.3 Å². The van der Waals surface area contributed by atoms with E-state index in [9.17, 15) is 9.59 Å². The van der Waals surface area contributed by atoms with Crippen LogP contribution in [0, 0.1) is 11.3 Å². The molecule has 112 valence electrons. The lowest BCUT2D eigenvalue weighted by atomic mass is 10.2. The van der Waals surface area contributed by atoms with Gasteiger partial charge >= 0.3 is 12.0 Å². The molecule has 1 aromatic rings. The number of ether oxygens (including phenoxy) is 1. The monoisotopic (exact) mass is 291 g/mol. The van der Waals surface area contributed by atoms with E-state index in [1.165, 1.54) is 4.90 Å². The quantitative estimate of drug-likeness (QED) is 0.833. The number of carbonyl (C=O) groups is 2. The summed E-state index contributed by atoms with van der Waals surface area (Å²) in [5.41, 5.74) is 0.554. The summed E-state index contributed by atoms with van der Waals surface area (Å²) in [4.78, 5) is 23.7. The third-order valence-electron chi connectivity index (χ3n) is 2.84. The summed E-state index contributed by atoms with van der Waals surface area (Å²) in [5, 5.41) is 19.8. The number of hydrogen-bond donors (Lipinski definition) is 2. The van der Waals surface area contributed by atoms with E-state index in [1.54, 1.807) is 38.2 Å². The molecule has 1 rings (SSSR count). The Morgan fingerprint density at radius 2 is 2.05 bits per heavy atom. The van der Waals surface area contributed by atoms with Gasteiger partial charge in [-0.2, -0.15) is 5.26 Å². The molecule has 0 saturated carbocycles. The number of nitriles is 1. The van der Waals surface area contributed by atoms with E-state index < -0.39 is 12.6 Å². The molecule has 1 atom stereocenters. The maximum absolute atomic E-state index is 11.9. The first-order valence-corrected chi connectivity index (χ1v) is 6.29.